The molecule has 1 aliphatic heterocycles. The zero-order chi connectivity index (χ0) is 24.7. The predicted octanol–water partition coefficient (Wildman–Crippen LogP) is 2.27. The first-order valence-corrected chi connectivity index (χ1v) is 12.1. The molecule has 0 saturated carbocycles. The molecule has 0 unspecified atom stereocenters. The fourth-order valence-corrected chi connectivity index (χ4v) is 5.24. The van der Waals surface area contributed by atoms with E-state index in [1.54, 1.807) is 24.3 Å². The van der Waals surface area contributed by atoms with Crippen molar-refractivity contribution >= 4 is 22.1 Å². The lowest BCUT2D eigenvalue weighted by Crippen LogP contribution is -2.42. The van der Waals surface area contributed by atoms with Crippen LogP contribution in [0.25, 0.3) is 0 Å². The molecule has 0 aromatic heterocycles. The minimum Gasteiger partial charge on any atom is -0.493 e. The molecule has 10 nitrogen and oxygen atoms in total. The van der Waals surface area contributed by atoms with Crippen molar-refractivity contribution in [3.8, 4) is 23.0 Å². The summed E-state index contributed by atoms with van der Waals surface area (Å²) in [5, 5.41) is 4.03. The van der Waals surface area contributed by atoms with E-state index >= 15 is 0 Å². The molecule has 1 saturated heterocycles. The van der Waals surface area contributed by atoms with Crippen molar-refractivity contribution in [2.45, 2.75) is 17.7 Å². The summed E-state index contributed by atoms with van der Waals surface area (Å²) < 4.78 is 48.5. The van der Waals surface area contributed by atoms with Gasteiger partial charge in [-0.2, -0.15) is 9.41 Å². The van der Waals surface area contributed by atoms with E-state index in [-0.39, 0.29) is 29.8 Å². The summed E-state index contributed by atoms with van der Waals surface area (Å²) in [6, 6.07) is 9.82. The third kappa shape index (κ3) is 5.42. The van der Waals surface area contributed by atoms with E-state index in [1.807, 2.05) is 0 Å². The Morgan fingerprint density at radius 3 is 2.26 bits per heavy atom. The predicted molar refractivity (Wildman–Crippen MR) is 126 cm³/mol. The van der Waals surface area contributed by atoms with Crippen molar-refractivity contribution in [1.82, 2.24) is 9.73 Å². The number of ether oxygens (including phenoxy) is 4. The highest BCUT2D eigenvalue weighted by atomic mass is 32.2. The minimum atomic E-state index is -3.73. The van der Waals surface area contributed by atoms with Crippen LogP contribution in [-0.4, -0.2) is 66.4 Å². The fourth-order valence-electron chi connectivity index (χ4n) is 3.75. The first-order chi connectivity index (χ1) is 16.3. The summed E-state index contributed by atoms with van der Waals surface area (Å²) in [5.41, 5.74) is 3.19. The third-order valence-corrected chi connectivity index (χ3v) is 7.52. The van der Waals surface area contributed by atoms with Gasteiger partial charge >= 0.3 is 0 Å². The molecular formula is C23H29N3O7S. The molecule has 3 rings (SSSR count). The smallest absolute Gasteiger partial charge is 0.243 e. The average molecular weight is 492 g/mol. The molecule has 184 valence electrons. The van der Waals surface area contributed by atoms with Gasteiger partial charge in [0, 0.05) is 30.6 Å². The number of hydrazone groups is 1. The first-order valence-electron chi connectivity index (χ1n) is 10.6. The van der Waals surface area contributed by atoms with Gasteiger partial charge in [0.2, 0.25) is 15.9 Å². The lowest BCUT2D eigenvalue weighted by atomic mass is 9.98. The largest absolute Gasteiger partial charge is 0.493 e. The average Bonchev–Trinajstić information content (AvgIpc) is 2.87. The Balaban J connectivity index is 1.60. The van der Waals surface area contributed by atoms with Crippen molar-refractivity contribution in [2.24, 2.45) is 11.0 Å². The zero-order valence-electron chi connectivity index (χ0n) is 19.6. The first kappa shape index (κ1) is 25.3. The maximum Gasteiger partial charge on any atom is 0.243 e. The molecule has 1 heterocycles. The number of benzene rings is 2. The molecule has 1 amide bonds. The highest BCUT2D eigenvalue weighted by Gasteiger charge is 2.32. The van der Waals surface area contributed by atoms with Crippen LogP contribution in [0.2, 0.25) is 0 Å². The van der Waals surface area contributed by atoms with Gasteiger partial charge in [0.15, 0.2) is 23.0 Å². The molecule has 1 aliphatic rings. The highest BCUT2D eigenvalue weighted by Crippen LogP contribution is 2.32. The van der Waals surface area contributed by atoms with E-state index < -0.39 is 10.0 Å². The van der Waals surface area contributed by atoms with Gasteiger partial charge in [0.1, 0.15) is 0 Å². The van der Waals surface area contributed by atoms with E-state index in [2.05, 4.69) is 10.5 Å². The van der Waals surface area contributed by atoms with Gasteiger partial charge in [0.05, 0.1) is 39.5 Å². The maximum atomic E-state index is 13.1. The summed E-state index contributed by atoms with van der Waals surface area (Å²) in [5.74, 6) is 1.24. The number of nitrogens with zero attached hydrogens (tertiary/aromatic N) is 2. The van der Waals surface area contributed by atoms with Crippen molar-refractivity contribution in [1.29, 1.82) is 0 Å². The van der Waals surface area contributed by atoms with Crippen LogP contribution < -0.4 is 24.4 Å². The second kappa shape index (κ2) is 11.2. The van der Waals surface area contributed by atoms with Gasteiger partial charge in [0.25, 0.3) is 0 Å². The summed E-state index contributed by atoms with van der Waals surface area (Å²) in [6.07, 6.45) is 2.25. The third-order valence-electron chi connectivity index (χ3n) is 5.63. The molecule has 0 spiro atoms. The molecule has 0 aliphatic carbocycles. The summed E-state index contributed by atoms with van der Waals surface area (Å²) >= 11 is 0. The summed E-state index contributed by atoms with van der Waals surface area (Å²) in [4.78, 5) is 12.7. The molecule has 11 heteroatoms. The van der Waals surface area contributed by atoms with Gasteiger partial charge in [-0.25, -0.2) is 13.8 Å². The Kier molecular flexibility index (Phi) is 8.35. The number of hydrogen-bond donors (Lipinski definition) is 1. The number of carbonyl (C=O) groups is 1. The quantitative estimate of drug-likeness (QED) is 0.423. The number of carbonyl (C=O) groups excluding carboxylic acids is 1. The number of piperidine rings is 1. The maximum absolute atomic E-state index is 13.1. The Morgan fingerprint density at radius 2 is 1.65 bits per heavy atom. The van der Waals surface area contributed by atoms with Crippen molar-refractivity contribution in [2.75, 3.05) is 41.5 Å². The molecule has 2 aromatic rings. The second-order valence-corrected chi connectivity index (χ2v) is 9.45. The van der Waals surface area contributed by atoms with Crippen LogP contribution in [0.1, 0.15) is 18.4 Å². The lowest BCUT2D eigenvalue weighted by Gasteiger charge is -2.30. The minimum absolute atomic E-state index is 0.116. The van der Waals surface area contributed by atoms with E-state index in [0.717, 1.165) is 0 Å². The number of sulfonamides is 1. The highest BCUT2D eigenvalue weighted by molar-refractivity contribution is 7.89. The van der Waals surface area contributed by atoms with Crippen molar-refractivity contribution < 1.29 is 32.2 Å². The Labute approximate surface area is 199 Å². The van der Waals surface area contributed by atoms with E-state index in [9.17, 15) is 13.2 Å². The van der Waals surface area contributed by atoms with Crippen LogP contribution in [0.4, 0.5) is 0 Å². The number of para-hydroxylation sites is 1. The summed E-state index contributed by atoms with van der Waals surface area (Å²) in [6.45, 7) is 0.449. The standard InChI is InChI=1S/C23H29N3O7S/c1-30-19-9-8-18(14-21(19)32-3)34(28,29)26-12-10-16(11-13-26)23(27)25-24-15-17-6-5-7-20(31-2)22(17)33-4/h5-9,14-16H,10-13H2,1-4H3,(H,25,27)/b24-15-. The topological polar surface area (TPSA) is 116 Å². The van der Waals surface area contributed by atoms with Crippen LogP contribution in [0.5, 0.6) is 23.0 Å². The van der Waals surface area contributed by atoms with Crippen LogP contribution in [-0.2, 0) is 14.8 Å². The van der Waals surface area contributed by atoms with Gasteiger partial charge in [-0.1, -0.05) is 6.07 Å². The Bertz CT molecular complexity index is 1140. The number of nitrogens with one attached hydrogen (secondary N) is 1. The van der Waals surface area contributed by atoms with Gasteiger partial charge in [-0.05, 0) is 37.1 Å². The molecule has 0 bridgehead atoms. The van der Waals surface area contributed by atoms with Gasteiger partial charge in [-0.15, -0.1) is 0 Å². The number of amides is 1. The Morgan fingerprint density at radius 1 is 0.971 bits per heavy atom. The second-order valence-electron chi connectivity index (χ2n) is 7.51. The Hall–Kier alpha value is -3.31. The van der Waals surface area contributed by atoms with Crippen molar-refractivity contribution in [3.05, 3.63) is 42.0 Å². The number of methoxy groups -OCH3 is 4. The van der Waals surface area contributed by atoms with E-state index in [1.165, 1.54) is 51.1 Å². The molecule has 0 atom stereocenters. The van der Waals surface area contributed by atoms with Crippen molar-refractivity contribution in [3.63, 3.8) is 0 Å². The monoisotopic (exact) mass is 491 g/mol. The van der Waals surface area contributed by atoms with E-state index in [0.29, 0.717) is 41.4 Å². The SMILES string of the molecule is COc1ccc(S(=O)(=O)N2CCC(C(=O)N/N=C\c3cccc(OC)c3OC)CC2)cc1OC. The fraction of sp³-hybridized carbons (Fsp3) is 0.391. The lowest BCUT2D eigenvalue weighted by molar-refractivity contribution is -0.126. The zero-order valence-corrected chi connectivity index (χ0v) is 20.4. The van der Waals surface area contributed by atoms with E-state index in [4.69, 9.17) is 18.9 Å². The van der Waals surface area contributed by atoms with Gasteiger partial charge < -0.3 is 18.9 Å². The molecular weight excluding hydrogens is 462 g/mol. The number of rotatable bonds is 9. The van der Waals surface area contributed by atoms with Crippen LogP contribution in [0.15, 0.2) is 46.4 Å². The molecule has 0 radical (unpaired) electrons. The molecule has 2 aromatic carbocycles. The van der Waals surface area contributed by atoms with Crippen LogP contribution in [0, 0.1) is 5.92 Å². The summed E-state index contributed by atoms with van der Waals surface area (Å²) in [7, 11) is 2.27. The normalized spacial score (nSPS) is 15.2. The molecule has 34 heavy (non-hydrogen) atoms. The number of hydrogen-bond acceptors (Lipinski definition) is 8. The van der Waals surface area contributed by atoms with Crippen LogP contribution >= 0.6 is 0 Å². The van der Waals surface area contributed by atoms with Crippen LogP contribution in [0.3, 0.4) is 0 Å². The van der Waals surface area contributed by atoms with Gasteiger partial charge in [-0.3, -0.25) is 4.79 Å². The molecule has 1 fully saturated rings. The molecule has 1 N–H and O–H groups in total.